The van der Waals surface area contributed by atoms with Crippen LogP contribution in [0, 0.1) is 0 Å². The third-order valence-corrected chi connectivity index (χ3v) is 2.15. The van der Waals surface area contributed by atoms with Crippen LogP contribution in [-0.2, 0) is 0 Å². The standard InChI is InChI=1S/C7H11FN4.ClH/c8-6-3-9-2-1-7(6)12-5-10-4-11-12;/h4-7,9H,1-3H2;1H. The number of nitrogens with one attached hydrogen (secondary N) is 1. The molecule has 1 N–H and O–H groups in total. The maximum Gasteiger partial charge on any atom is 0.137 e. The number of alkyl halides is 1. The first kappa shape index (κ1) is 10.4. The third kappa shape index (κ3) is 2.16. The Labute approximate surface area is 81.9 Å². The molecular formula is C7H12ClFN4. The second-order valence-corrected chi connectivity index (χ2v) is 2.95. The van der Waals surface area contributed by atoms with E-state index in [-0.39, 0.29) is 18.4 Å². The Hall–Kier alpha value is -0.680. The van der Waals surface area contributed by atoms with Crippen LogP contribution < -0.4 is 5.32 Å². The summed E-state index contributed by atoms with van der Waals surface area (Å²) in [5.41, 5.74) is 0. The lowest BCUT2D eigenvalue weighted by Crippen LogP contribution is -2.39. The van der Waals surface area contributed by atoms with Crippen LogP contribution in [-0.4, -0.2) is 34.0 Å². The average Bonchev–Trinajstić information content (AvgIpc) is 2.57. The van der Waals surface area contributed by atoms with Gasteiger partial charge in [-0.05, 0) is 13.0 Å². The van der Waals surface area contributed by atoms with E-state index in [0.29, 0.717) is 6.54 Å². The van der Waals surface area contributed by atoms with Crippen LogP contribution in [0.3, 0.4) is 0 Å². The van der Waals surface area contributed by atoms with Gasteiger partial charge in [0, 0.05) is 6.54 Å². The topological polar surface area (TPSA) is 42.7 Å². The average molecular weight is 207 g/mol. The number of aromatic nitrogens is 3. The molecule has 0 aliphatic carbocycles. The monoisotopic (exact) mass is 206 g/mol. The maximum atomic E-state index is 13.3. The van der Waals surface area contributed by atoms with Gasteiger partial charge in [-0.1, -0.05) is 0 Å². The second kappa shape index (κ2) is 4.53. The summed E-state index contributed by atoms with van der Waals surface area (Å²) in [4.78, 5) is 3.80. The Morgan fingerprint density at radius 1 is 1.54 bits per heavy atom. The highest BCUT2D eigenvalue weighted by Crippen LogP contribution is 2.19. The largest absolute Gasteiger partial charge is 0.314 e. The highest BCUT2D eigenvalue weighted by atomic mass is 35.5. The molecule has 1 aromatic heterocycles. The maximum absolute atomic E-state index is 13.3. The molecule has 0 saturated carbocycles. The summed E-state index contributed by atoms with van der Waals surface area (Å²) in [6, 6.07) is -0.131. The van der Waals surface area contributed by atoms with Gasteiger partial charge in [0.1, 0.15) is 18.8 Å². The zero-order valence-corrected chi connectivity index (χ0v) is 7.88. The van der Waals surface area contributed by atoms with E-state index in [9.17, 15) is 4.39 Å². The fraction of sp³-hybridized carbons (Fsp3) is 0.714. The van der Waals surface area contributed by atoms with Crippen LogP contribution in [0.15, 0.2) is 12.7 Å². The van der Waals surface area contributed by atoms with Crippen molar-refractivity contribution in [3.63, 3.8) is 0 Å². The van der Waals surface area contributed by atoms with E-state index in [1.165, 1.54) is 6.33 Å². The third-order valence-electron chi connectivity index (χ3n) is 2.15. The van der Waals surface area contributed by atoms with Crippen LogP contribution in [0.5, 0.6) is 0 Å². The van der Waals surface area contributed by atoms with Gasteiger partial charge in [-0.15, -0.1) is 12.4 Å². The molecule has 0 amide bonds. The number of rotatable bonds is 1. The summed E-state index contributed by atoms with van der Waals surface area (Å²) < 4.78 is 14.9. The fourth-order valence-corrected chi connectivity index (χ4v) is 1.49. The van der Waals surface area contributed by atoms with E-state index < -0.39 is 6.17 Å². The van der Waals surface area contributed by atoms with E-state index in [1.54, 1.807) is 11.0 Å². The predicted molar refractivity (Wildman–Crippen MR) is 48.7 cm³/mol. The summed E-state index contributed by atoms with van der Waals surface area (Å²) in [7, 11) is 0. The molecule has 2 unspecified atom stereocenters. The zero-order valence-electron chi connectivity index (χ0n) is 7.06. The Balaban J connectivity index is 0.000000845. The first-order valence-corrected chi connectivity index (χ1v) is 4.07. The minimum Gasteiger partial charge on any atom is -0.314 e. The molecule has 1 aromatic rings. The Morgan fingerprint density at radius 2 is 2.38 bits per heavy atom. The van der Waals surface area contributed by atoms with Crippen molar-refractivity contribution in [2.24, 2.45) is 0 Å². The highest BCUT2D eigenvalue weighted by molar-refractivity contribution is 5.85. The fourth-order valence-electron chi connectivity index (χ4n) is 1.49. The van der Waals surface area contributed by atoms with Crippen LogP contribution in [0.25, 0.3) is 0 Å². The van der Waals surface area contributed by atoms with Crippen molar-refractivity contribution < 1.29 is 4.39 Å². The molecule has 74 valence electrons. The van der Waals surface area contributed by atoms with Crippen molar-refractivity contribution in [1.82, 2.24) is 20.1 Å². The Kier molecular flexibility index (Phi) is 3.62. The molecule has 4 nitrogen and oxygen atoms in total. The predicted octanol–water partition coefficient (Wildman–Crippen LogP) is 0.572. The van der Waals surface area contributed by atoms with Gasteiger partial charge in [0.05, 0.1) is 6.04 Å². The van der Waals surface area contributed by atoms with Crippen molar-refractivity contribution in [3.8, 4) is 0 Å². The molecule has 1 fully saturated rings. The molecule has 0 spiro atoms. The molecule has 0 aromatic carbocycles. The summed E-state index contributed by atoms with van der Waals surface area (Å²) in [6.07, 6.45) is 2.95. The molecule has 6 heteroatoms. The molecule has 1 saturated heterocycles. The minimum atomic E-state index is -0.847. The molecule has 1 aliphatic rings. The van der Waals surface area contributed by atoms with E-state index >= 15 is 0 Å². The number of halogens is 2. The first-order chi connectivity index (χ1) is 5.88. The van der Waals surface area contributed by atoms with Gasteiger partial charge in [-0.3, -0.25) is 0 Å². The van der Waals surface area contributed by atoms with Crippen LogP contribution in [0.2, 0.25) is 0 Å². The SMILES string of the molecule is Cl.FC1CNCCC1n1cncn1. The van der Waals surface area contributed by atoms with Gasteiger partial charge in [-0.25, -0.2) is 14.1 Å². The van der Waals surface area contributed by atoms with Crippen molar-refractivity contribution in [2.75, 3.05) is 13.1 Å². The molecule has 2 heterocycles. The van der Waals surface area contributed by atoms with Crippen LogP contribution >= 0.6 is 12.4 Å². The molecule has 1 aliphatic heterocycles. The van der Waals surface area contributed by atoms with Crippen molar-refractivity contribution in [2.45, 2.75) is 18.6 Å². The van der Waals surface area contributed by atoms with Crippen LogP contribution in [0.1, 0.15) is 12.5 Å². The number of hydrogen-bond acceptors (Lipinski definition) is 3. The van der Waals surface area contributed by atoms with E-state index in [4.69, 9.17) is 0 Å². The summed E-state index contributed by atoms with van der Waals surface area (Å²) in [6.45, 7) is 1.27. The number of nitrogens with zero attached hydrogens (tertiary/aromatic N) is 3. The van der Waals surface area contributed by atoms with E-state index in [0.717, 1.165) is 13.0 Å². The summed E-state index contributed by atoms with van der Waals surface area (Å²) in [5.74, 6) is 0. The lowest BCUT2D eigenvalue weighted by molar-refractivity contribution is 0.173. The number of piperidine rings is 1. The summed E-state index contributed by atoms with van der Waals surface area (Å²) in [5, 5.41) is 6.92. The lowest BCUT2D eigenvalue weighted by Gasteiger charge is -2.26. The molecule has 0 bridgehead atoms. The van der Waals surface area contributed by atoms with Gasteiger partial charge >= 0.3 is 0 Å². The Morgan fingerprint density at radius 3 is 3.00 bits per heavy atom. The minimum absolute atomic E-state index is 0. The van der Waals surface area contributed by atoms with Crippen molar-refractivity contribution in [1.29, 1.82) is 0 Å². The normalized spacial score (nSPS) is 28.1. The molecule has 2 atom stereocenters. The lowest BCUT2D eigenvalue weighted by atomic mass is 10.1. The van der Waals surface area contributed by atoms with Crippen LogP contribution in [0.4, 0.5) is 4.39 Å². The van der Waals surface area contributed by atoms with E-state index in [1.807, 2.05) is 0 Å². The van der Waals surface area contributed by atoms with Gasteiger partial charge in [0.2, 0.25) is 0 Å². The summed E-state index contributed by atoms with van der Waals surface area (Å²) >= 11 is 0. The second-order valence-electron chi connectivity index (χ2n) is 2.95. The van der Waals surface area contributed by atoms with Gasteiger partial charge in [-0.2, -0.15) is 5.10 Å². The van der Waals surface area contributed by atoms with Crippen molar-refractivity contribution >= 4 is 12.4 Å². The first-order valence-electron chi connectivity index (χ1n) is 4.07. The highest BCUT2D eigenvalue weighted by Gasteiger charge is 2.26. The zero-order chi connectivity index (χ0) is 8.39. The molecule has 0 radical (unpaired) electrons. The van der Waals surface area contributed by atoms with E-state index in [2.05, 4.69) is 15.4 Å². The quantitative estimate of drug-likeness (QED) is 0.731. The molecular weight excluding hydrogens is 195 g/mol. The van der Waals surface area contributed by atoms with Gasteiger partial charge in [0.15, 0.2) is 0 Å². The van der Waals surface area contributed by atoms with Gasteiger partial charge in [0.25, 0.3) is 0 Å². The molecule has 13 heavy (non-hydrogen) atoms. The van der Waals surface area contributed by atoms with Gasteiger partial charge < -0.3 is 5.32 Å². The number of hydrogen-bond donors (Lipinski definition) is 1. The smallest absolute Gasteiger partial charge is 0.137 e. The van der Waals surface area contributed by atoms with Crippen molar-refractivity contribution in [3.05, 3.63) is 12.7 Å². The Bertz CT molecular complexity index is 241. The molecule has 2 rings (SSSR count).